The monoisotopic (exact) mass is 603 g/mol. The molecule has 0 spiro atoms. The SMILES string of the molecule is CCOC(=O)c1c(NC(=O)CSc2nnc(CNC(=O)c3cccc(C)c3)n2Cc2ccccc2)sc2c1CCCC2. The average Bonchev–Trinajstić information content (AvgIpc) is 3.55. The molecule has 0 saturated heterocycles. The number of fused-ring (bicyclic) bond motifs is 1. The number of hydrogen-bond acceptors (Lipinski definition) is 8. The molecule has 0 saturated carbocycles. The molecule has 0 aliphatic heterocycles. The number of nitrogens with one attached hydrogen (secondary N) is 2. The number of nitrogens with zero attached hydrogens (tertiary/aromatic N) is 3. The van der Waals surface area contributed by atoms with Gasteiger partial charge in [-0.25, -0.2) is 4.79 Å². The van der Waals surface area contributed by atoms with E-state index < -0.39 is 0 Å². The minimum atomic E-state index is -0.389. The maximum atomic E-state index is 13.1. The van der Waals surface area contributed by atoms with E-state index in [1.807, 2.05) is 60.0 Å². The molecule has 218 valence electrons. The molecule has 0 radical (unpaired) electrons. The first-order valence-electron chi connectivity index (χ1n) is 14.0. The Bertz CT molecular complexity index is 1580. The van der Waals surface area contributed by atoms with Crippen LogP contribution >= 0.6 is 23.1 Å². The van der Waals surface area contributed by atoms with E-state index in [2.05, 4.69) is 20.8 Å². The fourth-order valence-electron chi connectivity index (χ4n) is 4.89. The van der Waals surface area contributed by atoms with Gasteiger partial charge in [-0.05, 0) is 62.8 Å². The number of aromatic nitrogens is 3. The molecule has 1 aliphatic carbocycles. The van der Waals surface area contributed by atoms with E-state index in [-0.39, 0.29) is 36.7 Å². The summed E-state index contributed by atoms with van der Waals surface area (Å²) in [7, 11) is 0. The zero-order chi connectivity index (χ0) is 29.5. The van der Waals surface area contributed by atoms with Gasteiger partial charge in [0.25, 0.3) is 5.91 Å². The smallest absolute Gasteiger partial charge is 0.341 e. The topological polar surface area (TPSA) is 115 Å². The number of amides is 2. The molecule has 2 aromatic carbocycles. The van der Waals surface area contributed by atoms with Crippen LogP contribution in [0.2, 0.25) is 0 Å². The number of aryl methyl sites for hydroxylation is 2. The quantitative estimate of drug-likeness (QED) is 0.174. The minimum absolute atomic E-state index is 0.0768. The Morgan fingerprint density at radius 1 is 1.05 bits per heavy atom. The number of carbonyl (C=O) groups is 3. The first kappa shape index (κ1) is 29.5. The van der Waals surface area contributed by atoms with E-state index in [4.69, 9.17) is 4.74 Å². The Labute approximate surface area is 253 Å². The summed E-state index contributed by atoms with van der Waals surface area (Å²) in [5, 5.41) is 15.7. The van der Waals surface area contributed by atoms with Gasteiger partial charge >= 0.3 is 5.97 Å². The lowest BCUT2D eigenvalue weighted by Gasteiger charge is -2.12. The van der Waals surface area contributed by atoms with Gasteiger partial charge in [-0.3, -0.25) is 9.59 Å². The van der Waals surface area contributed by atoms with Crippen LogP contribution in [0.1, 0.15) is 67.9 Å². The van der Waals surface area contributed by atoms with Crippen molar-refractivity contribution >= 4 is 45.9 Å². The number of thiophene rings is 1. The van der Waals surface area contributed by atoms with E-state index in [9.17, 15) is 14.4 Å². The second kappa shape index (κ2) is 13.8. The average molecular weight is 604 g/mol. The second-order valence-corrected chi connectivity index (χ2v) is 12.0. The Hall–Kier alpha value is -3.96. The highest BCUT2D eigenvalue weighted by atomic mass is 32.2. The van der Waals surface area contributed by atoms with E-state index >= 15 is 0 Å². The first-order valence-corrected chi connectivity index (χ1v) is 15.8. The number of esters is 1. The maximum Gasteiger partial charge on any atom is 0.341 e. The molecule has 9 nitrogen and oxygen atoms in total. The molecule has 5 rings (SSSR count). The molecule has 2 aromatic heterocycles. The highest BCUT2D eigenvalue weighted by Gasteiger charge is 2.27. The molecule has 0 fully saturated rings. The number of carbonyl (C=O) groups excluding carboxylic acids is 3. The summed E-state index contributed by atoms with van der Waals surface area (Å²) in [6.07, 6.45) is 3.81. The van der Waals surface area contributed by atoms with Crippen molar-refractivity contribution in [2.45, 2.75) is 57.8 Å². The molecule has 4 aromatic rings. The molecule has 42 heavy (non-hydrogen) atoms. The Morgan fingerprint density at radius 3 is 2.64 bits per heavy atom. The van der Waals surface area contributed by atoms with Gasteiger partial charge in [0.15, 0.2) is 11.0 Å². The van der Waals surface area contributed by atoms with E-state index in [0.29, 0.717) is 33.7 Å². The van der Waals surface area contributed by atoms with E-state index in [0.717, 1.165) is 47.3 Å². The second-order valence-electron chi connectivity index (χ2n) is 10.00. The molecular weight excluding hydrogens is 571 g/mol. The predicted molar refractivity (Wildman–Crippen MR) is 164 cm³/mol. The Morgan fingerprint density at radius 2 is 1.86 bits per heavy atom. The summed E-state index contributed by atoms with van der Waals surface area (Å²) >= 11 is 2.73. The molecule has 2 N–H and O–H groups in total. The molecule has 2 amide bonds. The van der Waals surface area contributed by atoms with Crippen molar-refractivity contribution in [1.82, 2.24) is 20.1 Å². The van der Waals surface area contributed by atoms with Gasteiger partial charge in [0.2, 0.25) is 5.91 Å². The third-order valence-electron chi connectivity index (χ3n) is 6.90. The maximum absolute atomic E-state index is 13.1. The van der Waals surface area contributed by atoms with Gasteiger partial charge in [-0.1, -0.05) is 59.8 Å². The van der Waals surface area contributed by atoms with Crippen molar-refractivity contribution in [1.29, 1.82) is 0 Å². The fraction of sp³-hybridized carbons (Fsp3) is 0.323. The van der Waals surface area contributed by atoms with Crippen molar-refractivity contribution in [2.75, 3.05) is 17.7 Å². The Balaban J connectivity index is 1.30. The number of rotatable bonds is 11. The van der Waals surface area contributed by atoms with Crippen LogP contribution in [-0.4, -0.2) is 44.9 Å². The van der Waals surface area contributed by atoms with Gasteiger partial charge in [0.05, 0.1) is 31.0 Å². The summed E-state index contributed by atoms with van der Waals surface area (Å²) in [6, 6.07) is 17.3. The standard InChI is InChI=1S/C31H33N5O4S2/c1-3-40-30(39)27-23-14-7-8-15-24(23)42-29(27)33-26(37)19-41-31-35-34-25(36(31)18-21-11-5-4-6-12-21)17-32-28(38)22-13-9-10-20(2)16-22/h4-6,9-13,16H,3,7-8,14-15,17-19H2,1-2H3,(H,32,38)(H,33,37). The largest absolute Gasteiger partial charge is 0.462 e. The van der Waals surface area contributed by atoms with Crippen LogP contribution in [0.4, 0.5) is 5.00 Å². The van der Waals surface area contributed by atoms with Crippen LogP contribution < -0.4 is 10.6 Å². The molecule has 1 aliphatic rings. The number of hydrogen-bond donors (Lipinski definition) is 2. The van der Waals surface area contributed by atoms with Crippen LogP contribution in [-0.2, 0) is 35.5 Å². The molecular formula is C31H33N5O4S2. The van der Waals surface area contributed by atoms with Crippen molar-refractivity contribution in [3.05, 3.63) is 93.1 Å². The van der Waals surface area contributed by atoms with Gasteiger partial charge < -0.3 is 19.9 Å². The van der Waals surface area contributed by atoms with Gasteiger partial charge in [0.1, 0.15) is 5.00 Å². The summed E-state index contributed by atoms with van der Waals surface area (Å²) in [4.78, 5) is 39.8. The van der Waals surface area contributed by atoms with Crippen molar-refractivity contribution in [2.24, 2.45) is 0 Å². The highest BCUT2D eigenvalue weighted by molar-refractivity contribution is 7.99. The number of ether oxygens (including phenoxy) is 1. The third-order valence-corrected chi connectivity index (χ3v) is 9.07. The predicted octanol–water partition coefficient (Wildman–Crippen LogP) is 5.41. The molecule has 0 atom stereocenters. The highest BCUT2D eigenvalue weighted by Crippen LogP contribution is 2.38. The summed E-state index contributed by atoms with van der Waals surface area (Å²) in [5.41, 5.74) is 4.12. The minimum Gasteiger partial charge on any atom is -0.462 e. The first-order chi connectivity index (χ1) is 20.4. The summed E-state index contributed by atoms with van der Waals surface area (Å²) in [6.45, 7) is 4.66. The Kier molecular flexibility index (Phi) is 9.70. The lowest BCUT2D eigenvalue weighted by molar-refractivity contribution is -0.113. The van der Waals surface area contributed by atoms with Crippen LogP contribution in [0.15, 0.2) is 59.8 Å². The van der Waals surface area contributed by atoms with Gasteiger partial charge in [0, 0.05) is 10.4 Å². The van der Waals surface area contributed by atoms with Crippen LogP contribution in [0.5, 0.6) is 0 Å². The third kappa shape index (κ3) is 7.08. The lowest BCUT2D eigenvalue weighted by Crippen LogP contribution is -2.25. The normalized spacial score (nSPS) is 12.4. The zero-order valence-corrected chi connectivity index (χ0v) is 25.3. The van der Waals surface area contributed by atoms with Crippen LogP contribution in [0, 0.1) is 6.92 Å². The van der Waals surface area contributed by atoms with Gasteiger partial charge in [-0.15, -0.1) is 21.5 Å². The van der Waals surface area contributed by atoms with E-state index in [1.54, 1.807) is 13.0 Å². The summed E-state index contributed by atoms with van der Waals surface area (Å²) < 4.78 is 7.23. The molecule has 11 heteroatoms. The molecule has 0 bridgehead atoms. The van der Waals surface area contributed by atoms with Crippen LogP contribution in [0.3, 0.4) is 0 Å². The van der Waals surface area contributed by atoms with Crippen molar-refractivity contribution in [3.8, 4) is 0 Å². The molecule has 0 unspecified atom stereocenters. The van der Waals surface area contributed by atoms with Crippen molar-refractivity contribution < 1.29 is 19.1 Å². The van der Waals surface area contributed by atoms with Crippen molar-refractivity contribution in [3.63, 3.8) is 0 Å². The van der Waals surface area contributed by atoms with Crippen LogP contribution in [0.25, 0.3) is 0 Å². The zero-order valence-electron chi connectivity index (χ0n) is 23.6. The number of benzene rings is 2. The summed E-state index contributed by atoms with van der Waals surface area (Å²) in [5.74, 6) is -0.170. The number of thioether (sulfide) groups is 1. The van der Waals surface area contributed by atoms with E-state index in [1.165, 1.54) is 23.1 Å². The lowest BCUT2D eigenvalue weighted by atomic mass is 9.95. The van der Waals surface area contributed by atoms with Gasteiger partial charge in [-0.2, -0.15) is 0 Å². The molecule has 2 heterocycles. The number of anilines is 1. The fourth-order valence-corrected chi connectivity index (χ4v) is 6.95.